The Kier molecular flexibility index (Phi) is 4.39. The van der Waals surface area contributed by atoms with Gasteiger partial charge in [-0.2, -0.15) is 0 Å². The molecule has 0 radical (unpaired) electrons. The second-order valence-corrected chi connectivity index (χ2v) is 5.54. The van der Waals surface area contributed by atoms with E-state index in [0.29, 0.717) is 0 Å². The highest BCUT2D eigenvalue weighted by atomic mass is 32.1. The number of thiazole rings is 1. The number of methoxy groups -OCH3 is 1. The summed E-state index contributed by atoms with van der Waals surface area (Å²) in [6.07, 6.45) is 0. The molecule has 2 aromatic rings. The molecule has 5 heteroatoms. The fourth-order valence-corrected chi connectivity index (χ4v) is 2.77. The molecule has 0 aliphatic rings. The minimum absolute atomic E-state index is 0.771. The van der Waals surface area contributed by atoms with Crippen molar-refractivity contribution in [3.05, 3.63) is 39.8 Å². The van der Waals surface area contributed by atoms with Gasteiger partial charge in [0, 0.05) is 29.7 Å². The van der Waals surface area contributed by atoms with Crippen LogP contribution in [0.4, 0.5) is 5.69 Å². The second kappa shape index (κ2) is 6.04. The van der Waals surface area contributed by atoms with Crippen molar-refractivity contribution in [3.8, 4) is 5.75 Å². The largest absolute Gasteiger partial charge is 0.497 e. The molecule has 0 bridgehead atoms. The summed E-state index contributed by atoms with van der Waals surface area (Å²) in [4.78, 5) is 7.80. The van der Waals surface area contributed by atoms with Gasteiger partial charge in [-0.3, -0.25) is 4.90 Å². The van der Waals surface area contributed by atoms with E-state index in [1.165, 1.54) is 4.88 Å². The van der Waals surface area contributed by atoms with E-state index in [9.17, 15) is 0 Å². The van der Waals surface area contributed by atoms with Gasteiger partial charge in [0.1, 0.15) is 5.75 Å². The van der Waals surface area contributed by atoms with E-state index in [0.717, 1.165) is 35.8 Å². The highest BCUT2D eigenvalue weighted by molar-refractivity contribution is 7.09. The maximum absolute atomic E-state index is 6.03. The zero-order valence-corrected chi connectivity index (χ0v) is 12.3. The van der Waals surface area contributed by atoms with E-state index >= 15 is 0 Å². The molecule has 4 nitrogen and oxygen atoms in total. The van der Waals surface area contributed by atoms with E-state index in [1.807, 2.05) is 30.6 Å². The zero-order chi connectivity index (χ0) is 13.8. The van der Waals surface area contributed by atoms with Crippen molar-refractivity contribution in [2.75, 3.05) is 19.9 Å². The summed E-state index contributed by atoms with van der Waals surface area (Å²) in [5, 5.41) is 0. The molecule has 0 atom stereocenters. The molecule has 0 saturated carbocycles. The van der Waals surface area contributed by atoms with Gasteiger partial charge in [0.25, 0.3) is 0 Å². The van der Waals surface area contributed by atoms with Gasteiger partial charge >= 0.3 is 0 Å². The van der Waals surface area contributed by atoms with Crippen LogP contribution in [0.5, 0.6) is 5.75 Å². The third kappa shape index (κ3) is 3.45. The monoisotopic (exact) mass is 277 g/mol. The molecule has 0 saturated heterocycles. The fraction of sp³-hybridized carbons (Fsp3) is 0.357. The lowest BCUT2D eigenvalue weighted by Crippen LogP contribution is -2.18. The number of rotatable bonds is 5. The van der Waals surface area contributed by atoms with Crippen LogP contribution < -0.4 is 10.5 Å². The summed E-state index contributed by atoms with van der Waals surface area (Å²) >= 11 is 1.69. The summed E-state index contributed by atoms with van der Waals surface area (Å²) < 4.78 is 5.16. The van der Waals surface area contributed by atoms with Gasteiger partial charge in [0.05, 0.1) is 18.3 Å². The lowest BCUT2D eigenvalue weighted by atomic mass is 10.1. The molecule has 0 fully saturated rings. The topological polar surface area (TPSA) is 51.4 Å². The minimum Gasteiger partial charge on any atom is -0.497 e. The Morgan fingerprint density at radius 1 is 1.37 bits per heavy atom. The lowest BCUT2D eigenvalue weighted by molar-refractivity contribution is 0.321. The van der Waals surface area contributed by atoms with Crippen molar-refractivity contribution in [2.24, 2.45) is 0 Å². The van der Waals surface area contributed by atoms with Crippen molar-refractivity contribution in [2.45, 2.75) is 20.0 Å². The summed E-state index contributed by atoms with van der Waals surface area (Å²) in [6, 6.07) is 5.82. The van der Waals surface area contributed by atoms with Crippen LogP contribution in [0.2, 0.25) is 0 Å². The number of aromatic nitrogens is 1. The number of ether oxygens (including phenoxy) is 1. The predicted octanol–water partition coefficient (Wildman–Crippen LogP) is 2.67. The van der Waals surface area contributed by atoms with E-state index in [-0.39, 0.29) is 0 Å². The zero-order valence-electron chi connectivity index (χ0n) is 11.5. The van der Waals surface area contributed by atoms with Crippen molar-refractivity contribution < 1.29 is 4.74 Å². The molecule has 19 heavy (non-hydrogen) atoms. The molecule has 2 N–H and O–H groups in total. The van der Waals surface area contributed by atoms with Crippen molar-refractivity contribution in [3.63, 3.8) is 0 Å². The fourth-order valence-electron chi connectivity index (χ4n) is 1.91. The van der Waals surface area contributed by atoms with Gasteiger partial charge in [-0.05, 0) is 25.6 Å². The summed E-state index contributed by atoms with van der Waals surface area (Å²) in [5.74, 6) is 0.794. The average molecular weight is 277 g/mol. The second-order valence-electron chi connectivity index (χ2n) is 4.60. The molecular weight excluding hydrogens is 258 g/mol. The maximum atomic E-state index is 6.03. The number of nitrogens with zero attached hydrogens (tertiary/aromatic N) is 2. The van der Waals surface area contributed by atoms with Crippen LogP contribution in [0.25, 0.3) is 0 Å². The van der Waals surface area contributed by atoms with E-state index in [2.05, 4.69) is 16.9 Å². The minimum atomic E-state index is 0.771. The number of hydrogen-bond acceptors (Lipinski definition) is 5. The molecule has 0 unspecified atom stereocenters. The first-order valence-corrected chi connectivity index (χ1v) is 6.98. The smallest absolute Gasteiger partial charge is 0.120 e. The first kappa shape index (κ1) is 13.8. The van der Waals surface area contributed by atoms with E-state index in [1.54, 1.807) is 18.4 Å². The highest BCUT2D eigenvalue weighted by Gasteiger charge is 2.08. The summed E-state index contributed by atoms with van der Waals surface area (Å²) in [5.41, 5.74) is 10.9. The van der Waals surface area contributed by atoms with Gasteiger partial charge in [0.2, 0.25) is 0 Å². The third-order valence-corrected chi connectivity index (χ3v) is 3.97. The molecule has 0 spiro atoms. The highest BCUT2D eigenvalue weighted by Crippen LogP contribution is 2.22. The van der Waals surface area contributed by atoms with Crippen molar-refractivity contribution in [1.29, 1.82) is 0 Å². The Labute approximate surface area is 117 Å². The van der Waals surface area contributed by atoms with Gasteiger partial charge < -0.3 is 10.5 Å². The number of anilines is 1. The van der Waals surface area contributed by atoms with Crippen LogP contribution in [0.15, 0.2) is 23.7 Å². The molecule has 0 amide bonds. The van der Waals surface area contributed by atoms with Crippen LogP contribution in [0.1, 0.15) is 16.1 Å². The average Bonchev–Trinajstić information content (AvgIpc) is 2.77. The molecule has 102 valence electrons. The van der Waals surface area contributed by atoms with Crippen LogP contribution >= 0.6 is 11.3 Å². The first-order valence-electron chi connectivity index (χ1n) is 6.10. The molecule has 1 aromatic heterocycles. The van der Waals surface area contributed by atoms with E-state index in [4.69, 9.17) is 10.5 Å². The quantitative estimate of drug-likeness (QED) is 0.854. The van der Waals surface area contributed by atoms with Gasteiger partial charge in [0.15, 0.2) is 0 Å². The summed E-state index contributed by atoms with van der Waals surface area (Å²) in [7, 11) is 3.73. The van der Waals surface area contributed by atoms with E-state index < -0.39 is 0 Å². The van der Waals surface area contributed by atoms with Crippen LogP contribution in [0.3, 0.4) is 0 Å². The molecule has 1 heterocycles. The number of hydrogen-bond donors (Lipinski definition) is 1. The van der Waals surface area contributed by atoms with Gasteiger partial charge in [-0.1, -0.05) is 6.07 Å². The first-order chi connectivity index (χ1) is 9.10. The SMILES string of the molecule is COc1ccc(CN(C)Cc2scnc2C)c(N)c1. The molecule has 0 aliphatic heterocycles. The van der Waals surface area contributed by atoms with Gasteiger partial charge in [-0.25, -0.2) is 4.98 Å². The Bertz CT molecular complexity index is 553. The molecule has 1 aromatic carbocycles. The number of aryl methyl sites for hydroxylation is 1. The number of nitrogen functional groups attached to an aromatic ring is 1. The Hall–Kier alpha value is -1.59. The van der Waals surface area contributed by atoms with Crippen molar-refractivity contribution in [1.82, 2.24) is 9.88 Å². The van der Waals surface area contributed by atoms with Crippen LogP contribution in [-0.4, -0.2) is 24.0 Å². The molecule has 2 rings (SSSR count). The number of benzene rings is 1. The third-order valence-electron chi connectivity index (χ3n) is 3.05. The number of nitrogens with two attached hydrogens (primary N) is 1. The van der Waals surface area contributed by atoms with Crippen molar-refractivity contribution >= 4 is 17.0 Å². The molecule has 0 aliphatic carbocycles. The normalized spacial score (nSPS) is 10.9. The summed E-state index contributed by atoms with van der Waals surface area (Å²) in [6.45, 7) is 3.75. The maximum Gasteiger partial charge on any atom is 0.120 e. The van der Waals surface area contributed by atoms with Crippen LogP contribution in [0, 0.1) is 6.92 Å². The van der Waals surface area contributed by atoms with Gasteiger partial charge in [-0.15, -0.1) is 11.3 Å². The Balaban J connectivity index is 2.03. The Morgan fingerprint density at radius 3 is 2.74 bits per heavy atom. The molecular formula is C14H19N3OS. The van der Waals surface area contributed by atoms with Crippen LogP contribution in [-0.2, 0) is 13.1 Å². The Morgan fingerprint density at radius 2 is 2.16 bits per heavy atom. The predicted molar refractivity (Wildman–Crippen MR) is 79.4 cm³/mol. The lowest BCUT2D eigenvalue weighted by Gasteiger charge is -2.17. The standard InChI is InChI=1S/C14H19N3OS/c1-10-14(19-9-16-10)8-17(2)7-11-4-5-12(18-3)6-13(11)15/h4-6,9H,7-8,15H2,1-3H3.